The highest BCUT2D eigenvalue weighted by Crippen LogP contribution is 2.39. The van der Waals surface area contributed by atoms with Crippen LogP contribution in [0.3, 0.4) is 0 Å². The van der Waals surface area contributed by atoms with E-state index in [1.54, 1.807) is 37.7 Å². The van der Waals surface area contributed by atoms with E-state index in [0.717, 1.165) is 25.2 Å². The van der Waals surface area contributed by atoms with Gasteiger partial charge in [0.15, 0.2) is 11.5 Å². The minimum absolute atomic E-state index is 0.0213. The zero-order valence-corrected chi connectivity index (χ0v) is 19.3. The summed E-state index contributed by atoms with van der Waals surface area (Å²) in [5.41, 5.74) is 1.58. The molecule has 4 rings (SSSR count). The van der Waals surface area contributed by atoms with Gasteiger partial charge in [0.2, 0.25) is 5.75 Å². The summed E-state index contributed by atoms with van der Waals surface area (Å²) in [5, 5.41) is 2.10. The molecule has 2 aromatic carbocycles. The van der Waals surface area contributed by atoms with Crippen molar-refractivity contribution in [1.29, 1.82) is 0 Å². The topological polar surface area (TPSA) is 51.2 Å². The summed E-state index contributed by atoms with van der Waals surface area (Å²) in [5.74, 6) is 1.45. The Bertz CT molecular complexity index is 991. The third kappa shape index (κ3) is 5.23. The van der Waals surface area contributed by atoms with Crippen molar-refractivity contribution >= 4 is 17.2 Å². The van der Waals surface area contributed by atoms with E-state index in [0.29, 0.717) is 42.5 Å². The van der Waals surface area contributed by atoms with Gasteiger partial charge in [-0.15, -0.1) is 11.3 Å². The van der Waals surface area contributed by atoms with E-state index in [2.05, 4.69) is 22.4 Å². The number of ether oxygens (including phenoxy) is 3. The SMILES string of the molecule is COc1cc(C(=O)N2CCN(Cc3cccs3)CC2)cc(OC)c1OCc1ccccc1. The summed E-state index contributed by atoms with van der Waals surface area (Å²) in [4.78, 5) is 18.8. The smallest absolute Gasteiger partial charge is 0.254 e. The van der Waals surface area contributed by atoms with E-state index in [4.69, 9.17) is 14.2 Å². The maximum absolute atomic E-state index is 13.2. The lowest BCUT2D eigenvalue weighted by Gasteiger charge is -2.34. The normalized spacial score (nSPS) is 14.2. The summed E-state index contributed by atoms with van der Waals surface area (Å²) in [7, 11) is 3.14. The Morgan fingerprint density at radius 1 is 0.938 bits per heavy atom. The molecule has 1 aromatic heterocycles. The van der Waals surface area contributed by atoms with Gasteiger partial charge in [0, 0.05) is 43.2 Å². The van der Waals surface area contributed by atoms with Gasteiger partial charge in [0.1, 0.15) is 6.61 Å². The van der Waals surface area contributed by atoms with E-state index >= 15 is 0 Å². The molecule has 7 heteroatoms. The number of benzene rings is 2. The van der Waals surface area contributed by atoms with Crippen LogP contribution >= 0.6 is 11.3 Å². The van der Waals surface area contributed by atoms with Crippen molar-refractivity contribution in [3.63, 3.8) is 0 Å². The second kappa shape index (κ2) is 10.5. The predicted molar refractivity (Wildman–Crippen MR) is 126 cm³/mol. The van der Waals surface area contributed by atoms with E-state index < -0.39 is 0 Å². The first-order valence-corrected chi connectivity index (χ1v) is 11.5. The van der Waals surface area contributed by atoms with Crippen LogP contribution in [0, 0.1) is 0 Å². The summed E-state index contributed by atoms with van der Waals surface area (Å²) in [6.07, 6.45) is 0. The van der Waals surface area contributed by atoms with Crippen LogP contribution in [0.5, 0.6) is 17.2 Å². The van der Waals surface area contributed by atoms with Crippen LogP contribution in [0.25, 0.3) is 0 Å². The Kier molecular flexibility index (Phi) is 7.29. The average molecular weight is 453 g/mol. The molecule has 0 spiro atoms. The summed E-state index contributed by atoms with van der Waals surface area (Å²) >= 11 is 1.77. The zero-order valence-electron chi connectivity index (χ0n) is 18.5. The van der Waals surface area contributed by atoms with Crippen molar-refractivity contribution in [3.05, 3.63) is 76.0 Å². The number of carbonyl (C=O) groups excluding carboxylic acids is 1. The molecular formula is C25H28N2O4S. The number of nitrogens with zero attached hydrogens (tertiary/aromatic N) is 2. The minimum atomic E-state index is -0.0213. The van der Waals surface area contributed by atoms with E-state index in [9.17, 15) is 4.79 Å². The first kappa shape index (κ1) is 22.2. The fourth-order valence-corrected chi connectivity index (χ4v) is 4.54. The van der Waals surface area contributed by atoms with Gasteiger partial charge >= 0.3 is 0 Å². The standard InChI is InChI=1S/C25H28N2O4S/c1-29-22-15-20(16-23(30-2)24(22)31-18-19-7-4-3-5-8-19)25(28)27-12-10-26(11-13-27)17-21-9-6-14-32-21/h3-9,14-16H,10-13,17-18H2,1-2H3. The van der Waals surface area contributed by atoms with Crippen LogP contribution in [0.2, 0.25) is 0 Å². The van der Waals surface area contributed by atoms with Gasteiger partial charge in [0.05, 0.1) is 14.2 Å². The summed E-state index contributed by atoms with van der Waals surface area (Å²) in [6.45, 7) is 4.43. The van der Waals surface area contributed by atoms with Crippen molar-refractivity contribution < 1.29 is 19.0 Å². The largest absolute Gasteiger partial charge is 0.493 e. The number of thiophene rings is 1. The number of methoxy groups -OCH3 is 2. The van der Waals surface area contributed by atoms with E-state index in [1.165, 1.54) is 4.88 Å². The van der Waals surface area contributed by atoms with Crippen LogP contribution in [0.1, 0.15) is 20.8 Å². The molecular weight excluding hydrogens is 424 g/mol. The highest BCUT2D eigenvalue weighted by Gasteiger charge is 2.25. The van der Waals surface area contributed by atoms with Gasteiger partial charge in [-0.2, -0.15) is 0 Å². The Labute approximate surface area is 192 Å². The first-order chi connectivity index (χ1) is 15.7. The molecule has 0 N–H and O–H groups in total. The van der Waals surface area contributed by atoms with Crippen molar-refractivity contribution in [2.45, 2.75) is 13.2 Å². The van der Waals surface area contributed by atoms with Gasteiger partial charge in [-0.25, -0.2) is 0 Å². The Balaban J connectivity index is 1.44. The van der Waals surface area contributed by atoms with Gasteiger partial charge < -0.3 is 19.1 Å². The third-order valence-corrected chi connectivity index (χ3v) is 6.41. The van der Waals surface area contributed by atoms with Gasteiger partial charge in [-0.05, 0) is 29.1 Å². The number of hydrogen-bond acceptors (Lipinski definition) is 6. The molecule has 1 aliphatic rings. The molecule has 32 heavy (non-hydrogen) atoms. The van der Waals surface area contributed by atoms with Crippen LogP contribution < -0.4 is 14.2 Å². The van der Waals surface area contributed by atoms with Crippen LogP contribution in [-0.2, 0) is 13.2 Å². The fourth-order valence-electron chi connectivity index (χ4n) is 3.79. The maximum Gasteiger partial charge on any atom is 0.254 e. The van der Waals surface area contributed by atoms with Crippen molar-refractivity contribution in [2.24, 2.45) is 0 Å². The van der Waals surface area contributed by atoms with Gasteiger partial charge in [-0.3, -0.25) is 9.69 Å². The molecule has 1 aliphatic heterocycles. The second-order valence-corrected chi connectivity index (χ2v) is 8.66. The van der Waals surface area contributed by atoms with E-state index in [-0.39, 0.29) is 5.91 Å². The molecule has 1 saturated heterocycles. The number of amides is 1. The molecule has 0 radical (unpaired) electrons. The Morgan fingerprint density at radius 3 is 2.22 bits per heavy atom. The van der Waals surface area contributed by atoms with Gasteiger partial charge in [0.25, 0.3) is 5.91 Å². The monoisotopic (exact) mass is 452 g/mol. The predicted octanol–water partition coefficient (Wildman–Crippen LogP) is 4.30. The second-order valence-electron chi connectivity index (χ2n) is 7.63. The third-order valence-electron chi connectivity index (χ3n) is 5.55. The number of piperazine rings is 1. The summed E-state index contributed by atoms with van der Waals surface area (Å²) in [6, 6.07) is 17.6. The summed E-state index contributed by atoms with van der Waals surface area (Å²) < 4.78 is 17.1. The Morgan fingerprint density at radius 2 is 1.62 bits per heavy atom. The lowest BCUT2D eigenvalue weighted by molar-refractivity contribution is 0.0629. The molecule has 1 fully saturated rings. The number of rotatable bonds is 8. The lowest BCUT2D eigenvalue weighted by Crippen LogP contribution is -2.48. The average Bonchev–Trinajstić information content (AvgIpc) is 3.36. The molecule has 0 bridgehead atoms. The maximum atomic E-state index is 13.2. The van der Waals surface area contributed by atoms with Crippen molar-refractivity contribution in [3.8, 4) is 17.2 Å². The lowest BCUT2D eigenvalue weighted by atomic mass is 10.1. The number of carbonyl (C=O) groups is 1. The zero-order chi connectivity index (χ0) is 22.3. The molecule has 0 saturated carbocycles. The number of hydrogen-bond donors (Lipinski definition) is 0. The highest BCUT2D eigenvalue weighted by atomic mass is 32.1. The van der Waals surface area contributed by atoms with Crippen molar-refractivity contribution in [1.82, 2.24) is 9.80 Å². The molecule has 2 heterocycles. The van der Waals surface area contributed by atoms with Crippen LogP contribution in [0.4, 0.5) is 0 Å². The Hall–Kier alpha value is -3.03. The van der Waals surface area contributed by atoms with Crippen LogP contribution in [0.15, 0.2) is 60.0 Å². The molecule has 1 amide bonds. The molecule has 0 unspecified atom stereocenters. The quantitative estimate of drug-likeness (QED) is 0.510. The molecule has 3 aromatic rings. The highest BCUT2D eigenvalue weighted by molar-refractivity contribution is 7.09. The van der Waals surface area contributed by atoms with Crippen molar-refractivity contribution in [2.75, 3.05) is 40.4 Å². The van der Waals surface area contributed by atoms with Gasteiger partial charge in [-0.1, -0.05) is 36.4 Å². The molecule has 0 atom stereocenters. The molecule has 6 nitrogen and oxygen atoms in total. The van der Waals surface area contributed by atoms with Crippen LogP contribution in [-0.4, -0.2) is 56.1 Å². The molecule has 0 aliphatic carbocycles. The first-order valence-electron chi connectivity index (χ1n) is 10.6. The van der Waals surface area contributed by atoms with E-state index in [1.807, 2.05) is 35.2 Å². The molecule has 168 valence electrons. The fraction of sp³-hybridized carbons (Fsp3) is 0.320. The minimum Gasteiger partial charge on any atom is -0.493 e.